The first-order valence-electron chi connectivity index (χ1n) is 8.62. The van der Waals surface area contributed by atoms with Gasteiger partial charge in [0.1, 0.15) is 24.2 Å². The fraction of sp³-hybridized carbons (Fsp3) is 0.0870. The van der Waals surface area contributed by atoms with Gasteiger partial charge in [0, 0.05) is 16.1 Å². The third kappa shape index (κ3) is 3.34. The number of benzene rings is 3. The molecule has 27 heavy (non-hydrogen) atoms. The Balaban J connectivity index is 1.73. The van der Waals surface area contributed by atoms with Crippen LogP contribution in [0.2, 0.25) is 5.02 Å². The third-order valence-corrected chi connectivity index (χ3v) is 4.87. The predicted molar refractivity (Wildman–Crippen MR) is 108 cm³/mol. The molecule has 3 aromatic carbocycles. The molecule has 1 heterocycles. The molecule has 4 rings (SSSR count). The highest BCUT2D eigenvalue weighted by Gasteiger charge is 2.15. The molecule has 0 saturated carbocycles. The van der Waals surface area contributed by atoms with Crippen molar-refractivity contribution < 1.29 is 9.15 Å². The van der Waals surface area contributed by atoms with Crippen LogP contribution in [-0.4, -0.2) is 0 Å². The molecule has 0 saturated heterocycles. The Hall–Kier alpha value is -3.04. The average Bonchev–Trinajstić information content (AvgIpc) is 2.70. The zero-order chi connectivity index (χ0) is 18.8. The van der Waals surface area contributed by atoms with E-state index in [0.717, 1.165) is 11.1 Å². The molecule has 0 spiro atoms. The lowest BCUT2D eigenvalue weighted by Gasteiger charge is -2.11. The molecule has 0 radical (unpaired) electrons. The van der Waals surface area contributed by atoms with E-state index in [2.05, 4.69) is 0 Å². The summed E-state index contributed by atoms with van der Waals surface area (Å²) >= 11 is 6.24. The Morgan fingerprint density at radius 3 is 2.44 bits per heavy atom. The maximum atomic E-state index is 13.0. The van der Waals surface area contributed by atoms with Crippen molar-refractivity contribution in [3.63, 3.8) is 0 Å². The molecule has 0 amide bonds. The summed E-state index contributed by atoms with van der Waals surface area (Å²) in [5, 5.41) is 1.03. The third-order valence-electron chi connectivity index (χ3n) is 4.54. The second-order valence-corrected chi connectivity index (χ2v) is 6.71. The normalized spacial score (nSPS) is 10.9. The Kier molecular flexibility index (Phi) is 4.69. The lowest BCUT2D eigenvalue weighted by Crippen LogP contribution is -2.06. The fourth-order valence-electron chi connectivity index (χ4n) is 3.08. The predicted octanol–water partition coefficient (Wildman–Crippen LogP) is 6.00. The van der Waals surface area contributed by atoms with Gasteiger partial charge in [0.05, 0.1) is 10.9 Å². The Morgan fingerprint density at radius 2 is 1.67 bits per heavy atom. The standard InChI is InChI=1S/C23H17ClO3/c1-15-21(26-13-16-7-3-2-4-8-16)12-11-18-22(25)19(14-27-23(15)18)17-9-5-6-10-20(17)24/h2-12,14H,13H2,1H3. The minimum absolute atomic E-state index is 0.109. The van der Waals surface area contributed by atoms with E-state index in [1.165, 1.54) is 6.26 Å². The first-order valence-corrected chi connectivity index (χ1v) is 8.99. The van der Waals surface area contributed by atoms with Gasteiger partial charge in [-0.15, -0.1) is 0 Å². The van der Waals surface area contributed by atoms with E-state index in [1.54, 1.807) is 12.1 Å². The van der Waals surface area contributed by atoms with Crippen LogP contribution in [0.1, 0.15) is 11.1 Å². The van der Waals surface area contributed by atoms with Crippen LogP contribution in [0.25, 0.3) is 22.1 Å². The van der Waals surface area contributed by atoms with Crippen molar-refractivity contribution in [2.75, 3.05) is 0 Å². The largest absolute Gasteiger partial charge is 0.488 e. The highest BCUT2D eigenvalue weighted by Crippen LogP contribution is 2.30. The molecule has 4 aromatic rings. The van der Waals surface area contributed by atoms with Gasteiger partial charge in [-0.25, -0.2) is 0 Å². The number of hydrogen-bond acceptors (Lipinski definition) is 3. The summed E-state index contributed by atoms with van der Waals surface area (Å²) in [4.78, 5) is 13.0. The molecule has 0 aliphatic rings. The molecular weight excluding hydrogens is 360 g/mol. The van der Waals surface area contributed by atoms with Crippen LogP contribution < -0.4 is 10.2 Å². The summed E-state index contributed by atoms with van der Waals surface area (Å²) in [5.74, 6) is 0.694. The van der Waals surface area contributed by atoms with Gasteiger partial charge >= 0.3 is 0 Å². The molecule has 1 aromatic heterocycles. The quantitative estimate of drug-likeness (QED) is 0.438. The first-order chi connectivity index (χ1) is 13.1. The Morgan fingerprint density at radius 1 is 0.926 bits per heavy atom. The van der Waals surface area contributed by atoms with Crippen LogP contribution >= 0.6 is 11.6 Å². The van der Waals surface area contributed by atoms with Gasteiger partial charge in [-0.05, 0) is 30.7 Å². The molecule has 0 atom stereocenters. The highest BCUT2D eigenvalue weighted by molar-refractivity contribution is 6.33. The van der Waals surface area contributed by atoms with Gasteiger partial charge in [-0.3, -0.25) is 4.79 Å². The van der Waals surface area contributed by atoms with Crippen LogP contribution in [0.15, 0.2) is 82.2 Å². The number of rotatable bonds is 4. The Labute approximate surface area is 161 Å². The van der Waals surface area contributed by atoms with Gasteiger partial charge in [0.2, 0.25) is 5.43 Å². The summed E-state index contributed by atoms with van der Waals surface area (Å²) in [7, 11) is 0. The Bertz CT molecular complexity index is 1160. The second-order valence-electron chi connectivity index (χ2n) is 6.30. The van der Waals surface area contributed by atoms with Gasteiger partial charge in [0.15, 0.2) is 0 Å². The fourth-order valence-corrected chi connectivity index (χ4v) is 3.32. The first kappa shape index (κ1) is 17.4. The average molecular weight is 377 g/mol. The van der Waals surface area contributed by atoms with Gasteiger partial charge in [0.25, 0.3) is 0 Å². The van der Waals surface area contributed by atoms with E-state index in [1.807, 2.05) is 61.5 Å². The van der Waals surface area contributed by atoms with Crippen molar-refractivity contribution in [3.8, 4) is 16.9 Å². The van der Waals surface area contributed by atoms with E-state index in [9.17, 15) is 4.79 Å². The van der Waals surface area contributed by atoms with Crippen molar-refractivity contribution >= 4 is 22.6 Å². The molecule has 4 heteroatoms. The lowest BCUT2D eigenvalue weighted by molar-refractivity contribution is 0.304. The van der Waals surface area contributed by atoms with Gasteiger partial charge in [-0.2, -0.15) is 0 Å². The molecule has 0 aliphatic heterocycles. The summed E-state index contributed by atoms with van der Waals surface area (Å²) in [6, 6.07) is 20.7. The van der Waals surface area contributed by atoms with Crippen LogP contribution in [0.3, 0.4) is 0 Å². The monoisotopic (exact) mass is 376 g/mol. The van der Waals surface area contributed by atoms with Gasteiger partial charge < -0.3 is 9.15 Å². The molecule has 0 aliphatic carbocycles. The van der Waals surface area contributed by atoms with Crippen molar-refractivity contribution in [1.82, 2.24) is 0 Å². The van der Waals surface area contributed by atoms with Crippen LogP contribution in [0.4, 0.5) is 0 Å². The molecule has 0 fully saturated rings. The van der Waals surface area contributed by atoms with Crippen molar-refractivity contribution in [2.45, 2.75) is 13.5 Å². The van der Waals surface area contributed by atoms with Crippen molar-refractivity contribution in [1.29, 1.82) is 0 Å². The summed E-state index contributed by atoms with van der Waals surface area (Å²) in [6.07, 6.45) is 1.47. The molecule has 0 N–H and O–H groups in total. The maximum Gasteiger partial charge on any atom is 0.200 e. The van der Waals surface area contributed by atoms with E-state index >= 15 is 0 Å². The van der Waals surface area contributed by atoms with Gasteiger partial charge in [-0.1, -0.05) is 60.1 Å². The smallest absolute Gasteiger partial charge is 0.200 e. The minimum Gasteiger partial charge on any atom is -0.488 e. The van der Waals surface area contributed by atoms with E-state index in [4.69, 9.17) is 20.8 Å². The zero-order valence-corrected chi connectivity index (χ0v) is 15.5. The summed E-state index contributed by atoms with van der Waals surface area (Å²) in [5.41, 5.74) is 3.41. The molecule has 134 valence electrons. The number of fused-ring (bicyclic) bond motifs is 1. The number of ether oxygens (including phenoxy) is 1. The van der Waals surface area contributed by atoms with Crippen LogP contribution in [0.5, 0.6) is 5.75 Å². The maximum absolute atomic E-state index is 13.0. The topological polar surface area (TPSA) is 39.4 Å². The molecule has 3 nitrogen and oxygen atoms in total. The lowest BCUT2D eigenvalue weighted by atomic mass is 10.0. The highest BCUT2D eigenvalue weighted by atomic mass is 35.5. The van der Waals surface area contributed by atoms with E-state index < -0.39 is 0 Å². The SMILES string of the molecule is Cc1c(OCc2ccccc2)ccc2c(=O)c(-c3ccccc3Cl)coc12. The molecular formula is C23H17ClO3. The van der Waals surface area contributed by atoms with E-state index in [0.29, 0.717) is 39.5 Å². The number of halogens is 1. The minimum atomic E-state index is -0.109. The van der Waals surface area contributed by atoms with E-state index in [-0.39, 0.29) is 5.43 Å². The second kappa shape index (κ2) is 7.29. The number of hydrogen-bond donors (Lipinski definition) is 0. The van der Waals surface area contributed by atoms with Crippen molar-refractivity contribution in [3.05, 3.63) is 99.4 Å². The number of aryl methyl sites for hydroxylation is 1. The van der Waals surface area contributed by atoms with Crippen molar-refractivity contribution in [2.24, 2.45) is 0 Å². The molecule has 0 bridgehead atoms. The summed E-state index contributed by atoms with van der Waals surface area (Å²) in [6.45, 7) is 2.34. The van der Waals surface area contributed by atoms with Crippen LogP contribution in [-0.2, 0) is 6.61 Å². The van der Waals surface area contributed by atoms with Crippen LogP contribution in [0, 0.1) is 6.92 Å². The molecule has 0 unspecified atom stereocenters. The zero-order valence-electron chi connectivity index (χ0n) is 14.7. The summed E-state index contributed by atoms with van der Waals surface area (Å²) < 4.78 is 11.7.